The zero-order chi connectivity index (χ0) is 26.2. The summed E-state index contributed by atoms with van der Waals surface area (Å²) in [5.41, 5.74) is 5.19. The summed E-state index contributed by atoms with van der Waals surface area (Å²) in [6, 6.07) is 3.44. The van der Waals surface area contributed by atoms with Crippen LogP contribution in [0.25, 0.3) is 16.9 Å². The van der Waals surface area contributed by atoms with E-state index >= 15 is 0 Å². The normalized spacial score (nSPS) is 19.1. The number of hydrogen-bond donors (Lipinski definition) is 0. The van der Waals surface area contributed by atoms with E-state index in [0.717, 1.165) is 53.9 Å². The van der Waals surface area contributed by atoms with Crippen molar-refractivity contribution in [1.82, 2.24) is 29.3 Å². The summed E-state index contributed by atoms with van der Waals surface area (Å²) >= 11 is 0. The molecule has 1 fully saturated rings. The number of fused-ring (bicyclic) bond motifs is 5. The Morgan fingerprint density at radius 1 is 1.11 bits per heavy atom. The second kappa shape index (κ2) is 8.43. The summed E-state index contributed by atoms with van der Waals surface area (Å²) in [6.07, 6.45) is 4.66. The van der Waals surface area contributed by atoms with Crippen molar-refractivity contribution >= 4 is 11.6 Å². The Kier molecular flexibility index (Phi) is 5.40. The fourth-order valence-electron chi connectivity index (χ4n) is 5.87. The number of halogens is 3. The number of aryl methyl sites for hydroxylation is 2. The average Bonchev–Trinajstić information content (AvgIpc) is 3.40. The maximum absolute atomic E-state index is 14.2. The van der Waals surface area contributed by atoms with Gasteiger partial charge in [0.1, 0.15) is 5.69 Å². The molecule has 2 unspecified atom stereocenters. The highest BCUT2D eigenvalue weighted by Crippen LogP contribution is 2.45. The van der Waals surface area contributed by atoms with Gasteiger partial charge in [-0.25, -0.2) is 22.7 Å². The van der Waals surface area contributed by atoms with E-state index < -0.39 is 17.5 Å². The van der Waals surface area contributed by atoms with Gasteiger partial charge in [0.05, 0.1) is 23.6 Å². The molecule has 2 bridgehead atoms. The molecule has 0 radical (unpaired) electrons. The summed E-state index contributed by atoms with van der Waals surface area (Å²) < 4.78 is 45.0. The Morgan fingerprint density at radius 3 is 2.54 bits per heavy atom. The summed E-state index contributed by atoms with van der Waals surface area (Å²) in [5, 5.41) is 9.16. The van der Waals surface area contributed by atoms with Gasteiger partial charge >= 0.3 is 0 Å². The summed E-state index contributed by atoms with van der Waals surface area (Å²) in [5.74, 6) is -3.98. The predicted molar refractivity (Wildman–Crippen MR) is 131 cm³/mol. The molecule has 4 aromatic rings. The van der Waals surface area contributed by atoms with Gasteiger partial charge in [-0.1, -0.05) is 13.8 Å². The lowest BCUT2D eigenvalue weighted by molar-refractivity contribution is 0.0382. The van der Waals surface area contributed by atoms with Gasteiger partial charge in [0, 0.05) is 35.5 Å². The van der Waals surface area contributed by atoms with Crippen molar-refractivity contribution in [3.05, 3.63) is 70.1 Å². The first-order valence-electron chi connectivity index (χ1n) is 12.5. The number of carbonyl (C=O) groups excluding carboxylic acids is 1. The van der Waals surface area contributed by atoms with Gasteiger partial charge in [0.15, 0.2) is 23.1 Å². The van der Waals surface area contributed by atoms with Crippen molar-refractivity contribution < 1.29 is 18.0 Å². The molecule has 1 aromatic carbocycles. The Bertz CT molecular complexity index is 1550. The number of piperidine rings is 1. The molecule has 0 saturated carbocycles. The van der Waals surface area contributed by atoms with E-state index in [1.807, 2.05) is 31.7 Å². The predicted octanol–water partition coefficient (Wildman–Crippen LogP) is 5.27. The molecule has 2 aliphatic heterocycles. The van der Waals surface area contributed by atoms with E-state index in [1.165, 1.54) is 0 Å². The van der Waals surface area contributed by atoms with Crippen molar-refractivity contribution in [3.8, 4) is 11.3 Å². The van der Waals surface area contributed by atoms with Crippen molar-refractivity contribution in [2.24, 2.45) is 7.05 Å². The first kappa shape index (κ1) is 23.7. The Morgan fingerprint density at radius 2 is 1.84 bits per heavy atom. The van der Waals surface area contributed by atoms with Crippen LogP contribution in [-0.4, -0.2) is 41.2 Å². The van der Waals surface area contributed by atoms with Crippen LogP contribution in [0, 0.1) is 24.4 Å². The molecule has 192 valence electrons. The highest BCUT2D eigenvalue weighted by atomic mass is 19.2. The van der Waals surface area contributed by atoms with Crippen molar-refractivity contribution in [3.63, 3.8) is 0 Å². The molecular weight excluding hydrogens is 481 g/mol. The lowest BCUT2D eigenvalue weighted by atomic mass is 9.81. The number of aromatic nitrogens is 5. The van der Waals surface area contributed by atoms with Crippen molar-refractivity contribution in [2.75, 3.05) is 0 Å². The molecule has 6 rings (SSSR count). The van der Waals surface area contributed by atoms with E-state index in [2.05, 4.69) is 5.10 Å². The number of benzene rings is 1. The summed E-state index contributed by atoms with van der Waals surface area (Å²) in [6.45, 7) is 6.00. The minimum Gasteiger partial charge on any atom is -0.325 e. The van der Waals surface area contributed by atoms with E-state index in [9.17, 15) is 18.0 Å². The third-order valence-corrected chi connectivity index (χ3v) is 7.65. The lowest BCUT2D eigenvalue weighted by Crippen LogP contribution is -2.50. The van der Waals surface area contributed by atoms with Crippen molar-refractivity contribution in [2.45, 2.75) is 64.5 Å². The summed E-state index contributed by atoms with van der Waals surface area (Å²) in [7, 11) is 1.71. The molecule has 2 aliphatic rings. The minimum atomic E-state index is -1.49. The van der Waals surface area contributed by atoms with Crippen LogP contribution < -0.4 is 0 Å². The first-order chi connectivity index (χ1) is 17.7. The highest BCUT2D eigenvalue weighted by molar-refractivity contribution is 5.94. The number of carbonyl (C=O) groups is 1. The van der Waals surface area contributed by atoms with Crippen molar-refractivity contribution in [1.29, 1.82) is 0 Å². The second-order valence-corrected chi connectivity index (χ2v) is 10.4. The molecule has 0 N–H and O–H groups in total. The van der Waals surface area contributed by atoms with Gasteiger partial charge in [0.2, 0.25) is 0 Å². The smallest absolute Gasteiger partial charge is 0.273 e. The van der Waals surface area contributed by atoms with Crippen LogP contribution in [0.2, 0.25) is 0 Å². The highest BCUT2D eigenvalue weighted by Gasteiger charge is 2.44. The molecule has 2 atom stereocenters. The van der Waals surface area contributed by atoms with Crippen LogP contribution in [0.15, 0.2) is 24.4 Å². The number of hydrogen-bond acceptors (Lipinski definition) is 4. The van der Waals surface area contributed by atoms with Crippen LogP contribution in [0.3, 0.4) is 0 Å². The number of amides is 1. The molecule has 0 spiro atoms. The molecule has 1 saturated heterocycles. The minimum absolute atomic E-state index is 0.112. The largest absolute Gasteiger partial charge is 0.325 e. The molecule has 0 aliphatic carbocycles. The Labute approximate surface area is 211 Å². The molecule has 7 nitrogen and oxygen atoms in total. The molecule has 10 heteroatoms. The first-order valence-corrected chi connectivity index (χ1v) is 12.5. The average molecular weight is 509 g/mol. The Balaban J connectivity index is 1.46. The number of nitrogens with zero attached hydrogens (tertiary/aromatic N) is 6. The standard InChI is InChI=1S/C27H27F3N6O/c1-13(2)20-11-22(36-26(32-20)14(3)12-31-36)27(37)35-16-6-5-7-21(35)24-17(10-16)25(34(4)33-24)15-8-18(28)23(30)19(29)9-15/h8-9,11-13,16,21H,5-7,10H2,1-4H3. The van der Waals surface area contributed by atoms with Gasteiger partial charge in [-0.2, -0.15) is 10.2 Å². The van der Waals surface area contributed by atoms with Crippen LogP contribution in [0.4, 0.5) is 13.2 Å². The third kappa shape index (κ3) is 3.56. The van der Waals surface area contributed by atoms with E-state index in [0.29, 0.717) is 23.5 Å². The van der Waals surface area contributed by atoms with E-state index in [1.54, 1.807) is 22.4 Å². The monoisotopic (exact) mass is 508 g/mol. The van der Waals surface area contributed by atoms with Crippen LogP contribution in [0.1, 0.15) is 78.1 Å². The quantitative estimate of drug-likeness (QED) is 0.354. The number of rotatable bonds is 3. The fraction of sp³-hybridized carbons (Fsp3) is 0.407. The van der Waals surface area contributed by atoms with Gasteiger partial charge in [-0.3, -0.25) is 9.48 Å². The molecule has 3 aromatic heterocycles. The molecule has 5 heterocycles. The SMILES string of the molecule is Cc1cnn2c(C(=O)N3C4CCCC3c3nn(C)c(-c5cc(F)c(F)c(F)c5)c3C4)cc(C(C)C)nc12. The Hall–Kier alpha value is -3.69. The van der Waals surface area contributed by atoms with Crippen LogP contribution in [-0.2, 0) is 13.5 Å². The van der Waals surface area contributed by atoms with Crippen LogP contribution in [0.5, 0.6) is 0 Å². The maximum Gasteiger partial charge on any atom is 0.273 e. The van der Waals surface area contributed by atoms with Gasteiger partial charge in [-0.05, 0) is 56.7 Å². The van der Waals surface area contributed by atoms with E-state index in [-0.39, 0.29) is 29.5 Å². The second-order valence-electron chi connectivity index (χ2n) is 10.4. The fourth-order valence-corrected chi connectivity index (χ4v) is 5.87. The maximum atomic E-state index is 14.2. The van der Waals surface area contributed by atoms with Gasteiger partial charge in [-0.15, -0.1) is 0 Å². The zero-order valence-electron chi connectivity index (χ0n) is 21.1. The molecule has 1 amide bonds. The third-order valence-electron chi connectivity index (χ3n) is 7.65. The lowest BCUT2D eigenvalue weighted by Gasteiger charge is -2.45. The van der Waals surface area contributed by atoms with Gasteiger partial charge in [0.25, 0.3) is 5.91 Å². The van der Waals surface area contributed by atoms with Crippen LogP contribution >= 0.6 is 0 Å². The topological polar surface area (TPSA) is 68.3 Å². The zero-order valence-corrected chi connectivity index (χ0v) is 21.1. The summed E-state index contributed by atoms with van der Waals surface area (Å²) in [4.78, 5) is 20.8. The molecular formula is C27H27F3N6O. The van der Waals surface area contributed by atoms with E-state index in [4.69, 9.17) is 10.1 Å². The van der Waals surface area contributed by atoms with Gasteiger partial charge < -0.3 is 4.90 Å². The molecule has 37 heavy (non-hydrogen) atoms.